The Hall–Kier alpha value is -1.85. The van der Waals surface area contributed by atoms with Crippen LogP contribution in [0.2, 0.25) is 10.0 Å². The van der Waals surface area contributed by atoms with E-state index >= 15 is 0 Å². The van der Waals surface area contributed by atoms with Crippen molar-refractivity contribution in [1.82, 2.24) is 19.2 Å². The largest absolute Gasteiger partial charge is 0.307 e. The van der Waals surface area contributed by atoms with Crippen LogP contribution in [0.15, 0.2) is 35.5 Å². The molecule has 0 aliphatic rings. The van der Waals surface area contributed by atoms with Crippen molar-refractivity contribution in [2.75, 3.05) is 0 Å². The van der Waals surface area contributed by atoms with Crippen molar-refractivity contribution >= 4 is 28.8 Å². The zero-order valence-corrected chi connectivity index (χ0v) is 12.1. The predicted molar refractivity (Wildman–Crippen MR) is 77.5 cm³/mol. The predicted octanol–water partition coefficient (Wildman–Crippen LogP) is 2.55. The molecule has 0 saturated carbocycles. The van der Waals surface area contributed by atoms with E-state index in [-0.39, 0.29) is 16.6 Å². The van der Waals surface area contributed by atoms with Gasteiger partial charge in [0.25, 0.3) is 5.56 Å². The lowest BCUT2D eigenvalue weighted by molar-refractivity contribution is 0.630. The standard InChI is InChI=1S/C13H10Cl2N4O/c1-8-3-2-4-18-6-9(17-12(8)18)7-19-13(20)11(15)10(14)5-16-19/h2-6H,7H2,1H3. The monoisotopic (exact) mass is 308 g/mol. The fourth-order valence-electron chi connectivity index (χ4n) is 1.99. The second-order valence-electron chi connectivity index (χ2n) is 4.42. The molecule has 3 rings (SSSR count). The molecule has 0 aliphatic carbocycles. The Kier molecular flexibility index (Phi) is 3.23. The maximum absolute atomic E-state index is 11.9. The van der Waals surface area contributed by atoms with E-state index in [4.69, 9.17) is 23.2 Å². The first kappa shape index (κ1) is 13.1. The third-order valence-electron chi connectivity index (χ3n) is 2.98. The van der Waals surface area contributed by atoms with Gasteiger partial charge in [-0.3, -0.25) is 4.79 Å². The fourth-order valence-corrected chi connectivity index (χ4v) is 2.26. The Balaban J connectivity index is 2.04. The molecule has 0 saturated heterocycles. The number of fused-ring (bicyclic) bond motifs is 1. The fraction of sp³-hybridized carbons (Fsp3) is 0.154. The van der Waals surface area contributed by atoms with Crippen LogP contribution in [0, 0.1) is 6.92 Å². The second kappa shape index (κ2) is 4.92. The van der Waals surface area contributed by atoms with Crippen molar-refractivity contribution in [3.8, 4) is 0 Å². The minimum Gasteiger partial charge on any atom is -0.307 e. The Bertz CT molecular complexity index is 853. The van der Waals surface area contributed by atoms with E-state index in [2.05, 4.69) is 10.1 Å². The third kappa shape index (κ3) is 2.19. The van der Waals surface area contributed by atoms with Crippen LogP contribution in [0.4, 0.5) is 0 Å². The highest BCUT2D eigenvalue weighted by atomic mass is 35.5. The van der Waals surface area contributed by atoms with Gasteiger partial charge in [0.15, 0.2) is 0 Å². The van der Waals surface area contributed by atoms with Crippen molar-refractivity contribution in [2.45, 2.75) is 13.5 Å². The van der Waals surface area contributed by atoms with Crippen LogP contribution < -0.4 is 5.56 Å². The summed E-state index contributed by atoms with van der Waals surface area (Å²) in [5, 5.41) is 4.09. The molecular formula is C13H10Cl2N4O. The lowest BCUT2D eigenvalue weighted by Crippen LogP contribution is -2.23. The molecule has 0 atom stereocenters. The van der Waals surface area contributed by atoms with Crippen molar-refractivity contribution < 1.29 is 0 Å². The smallest absolute Gasteiger partial charge is 0.287 e. The van der Waals surface area contributed by atoms with Crippen molar-refractivity contribution in [1.29, 1.82) is 0 Å². The van der Waals surface area contributed by atoms with E-state index in [1.54, 1.807) is 0 Å². The molecule has 0 aliphatic heterocycles. The molecule has 3 heterocycles. The molecule has 7 heteroatoms. The summed E-state index contributed by atoms with van der Waals surface area (Å²) in [6.45, 7) is 2.23. The van der Waals surface area contributed by atoms with Gasteiger partial charge in [0, 0.05) is 12.4 Å². The molecule has 3 aromatic heterocycles. The first-order valence-corrected chi connectivity index (χ1v) is 6.66. The molecule has 3 aromatic rings. The quantitative estimate of drug-likeness (QED) is 0.731. The molecule has 0 aromatic carbocycles. The summed E-state index contributed by atoms with van der Waals surface area (Å²) in [7, 11) is 0. The highest BCUT2D eigenvalue weighted by molar-refractivity contribution is 6.41. The number of aromatic nitrogens is 4. The summed E-state index contributed by atoms with van der Waals surface area (Å²) in [5.74, 6) is 0. The van der Waals surface area contributed by atoms with E-state index in [0.29, 0.717) is 0 Å². The normalized spacial score (nSPS) is 11.2. The maximum Gasteiger partial charge on any atom is 0.287 e. The molecule has 0 unspecified atom stereocenters. The Labute approximate surface area is 124 Å². The van der Waals surface area contributed by atoms with Gasteiger partial charge in [0.2, 0.25) is 0 Å². The zero-order valence-electron chi connectivity index (χ0n) is 10.5. The van der Waals surface area contributed by atoms with Crippen LogP contribution in [0.5, 0.6) is 0 Å². The first-order valence-electron chi connectivity index (χ1n) is 5.90. The van der Waals surface area contributed by atoms with E-state index < -0.39 is 5.56 Å². The van der Waals surface area contributed by atoms with Gasteiger partial charge in [-0.25, -0.2) is 9.67 Å². The lowest BCUT2D eigenvalue weighted by Gasteiger charge is -2.02. The molecule has 0 fully saturated rings. The minimum atomic E-state index is -0.423. The Morgan fingerprint density at radius 2 is 2.15 bits per heavy atom. The highest BCUT2D eigenvalue weighted by Crippen LogP contribution is 2.15. The maximum atomic E-state index is 11.9. The van der Waals surface area contributed by atoms with Gasteiger partial charge in [-0.05, 0) is 18.6 Å². The molecule has 0 bridgehead atoms. The molecule has 0 spiro atoms. The van der Waals surface area contributed by atoms with Crippen molar-refractivity contribution in [3.05, 3.63) is 62.4 Å². The van der Waals surface area contributed by atoms with Crippen LogP contribution in [-0.2, 0) is 6.54 Å². The number of imidazole rings is 1. The number of aryl methyl sites for hydroxylation is 1. The first-order chi connectivity index (χ1) is 9.56. The molecule has 20 heavy (non-hydrogen) atoms. The molecule has 0 radical (unpaired) electrons. The van der Waals surface area contributed by atoms with E-state index in [1.807, 2.05) is 35.9 Å². The number of hydrogen-bond acceptors (Lipinski definition) is 3. The zero-order chi connectivity index (χ0) is 14.3. The number of rotatable bonds is 2. The van der Waals surface area contributed by atoms with E-state index in [9.17, 15) is 4.79 Å². The van der Waals surface area contributed by atoms with Crippen molar-refractivity contribution in [2.24, 2.45) is 0 Å². The van der Waals surface area contributed by atoms with Gasteiger partial charge in [-0.15, -0.1) is 0 Å². The third-order valence-corrected chi connectivity index (χ3v) is 3.73. The molecule has 0 amide bonds. The Morgan fingerprint density at radius 3 is 2.90 bits per heavy atom. The van der Waals surface area contributed by atoms with Gasteiger partial charge in [0.05, 0.1) is 23.5 Å². The average Bonchev–Trinajstić information content (AvgIpc) is 2.84. The topological polar surface area (TPSA) is 52.2 Å². The van der Waals surface area contributed by atoms with Crippen LogP contribution >= 0.6 is 23.2 Å². The summed E-state index contributed by atoms with van der Waals surface area (Å²) >= 11 is 11.6. The van der Waals surface area contributed by atoms with Gasteiger partial charge < -0.3 is 4.40 Å². The van der Waals surface area contributed by atoms with E-state index in [0.717, 1.165) is 16.9 Å². The van der Waals surface area contributed by atoms with Crippen molar-refractivity contribution in [3.63, 3.8) is 0 Å². The minimum absolute atomic E-state index is 0.0263. The number of halogens is 2. The lowest BCUT2D eigenvalue weighted by atomic mass is 10.3. The average molecular weight is 309 g/mol. The molecular weight excluding hydrogens is 299 g/mol. The Morgan fingerprint density at radius 1 is 1.35 bits per heavy atom. The molecule has 5 nitrogen and oxygen atoms in total. The van der Waals surface area contributed by atoms with E-state index in [1.165, 1.54) is 10.9 Å². The van der Waals surface area contributed by atoms with Gasteiger partial charge in [-0.2, -0.15) is 5.10 Å². The molecule has 0 N–H and O–H groups in total. The highest BCUT2D eigenvalue weighted by Gasteiger charge is 2.10. The van der Waals surface area contributed by atoms with Crippen LogP contribution in [0.1, 0.15) is 11.3 Å². The summed E-state index contributed by atoms with van der Waals surface area (Å²) < 4.78 is 3.15. The summed E-state index contributed by atoms with van der Waals surface area (Å²) in [5.41, 5.74) is 2.23. The van der Waals surface area contributed by atoms with Gasteiger partial charge in [0.1, 0.15) is 10.7 Å². The van der Waals surface area contributed by atoms with Gasteiger partial charge in [-0.1, -0.05) is 29.3 Å². The van der Waals surface area contributed by atoms with Crippen LogP contribution in [0.25, 0.3) is 5.65 Å². The summed E-state index contributed by atoms with van der Waals surface area (Å²) in [6, 6.07) is 3.92. The second-order valence-corrected chi connectivity index (χ2v) is 5.21. The number of nitrogens with zero attached hydrogens (tertiary/aromatic N) is 4. The SMILES string of the molecule is Cc1cccn2cc(Cn3ncc(Cl)c(Cl)c3=O)nc12. The number of hydrogen-bond donors (Lipinski definition) is 0. The number of pyridine rings is 1. The van der Waals surface area contributed by atoms with Crippen LogP contribution in [-0.4, -0.2) is 19.2 Å². The van der Waals surface area contributed by atoms with Gasteiger partial charge >= 0.3 is 0 Å². The van der Waals surface area contributed by atoms with Crippen LogP contribution in [0.3, 0.4) is 0 Å². The summed E-state index contributed by atoms with van der Waals surface area (Å²) in [4.78, 5) is 16.4. The molecule has 102 valence electrons. The summed E-state index contributed by atoms with van der Waals surface area (Å²) in [6.07, 6.45) is 5.12.